The van der Waals surface area contributed by atoms with E-state index in [1.165, 1.54) is 36.3 Å². The van der Waals surface area contributed by atoms with Crippen molar-refractivity contribution in [2.24, 2.45) is 0 Å². The van der Waals surface area contributed by atoms with E-state index in [1.807, 2.05) is 30.3 Å². The highest BCUT2D eigenvalue weighted by molar-refractivity contribution is 8.01. The highest BCUT2D eigenvalue weighted by atomic mass is 32.2. The van der Waals surface area contributed by atoms with Gasteiger partial charge in [0, 0.05) is 4.75 Å². The molecule has 166 valence electrons. The number of carbonyl (C=O) groups excluding carboxylic acids is 3. The van der Waals surface area contributed by atoms with Crippen LogP contribution in [0.4, 0.5) is 0 Å². The van der Waals surface area contributed by atoms with Gasteiger partial charge in [0.25, 0.3) is 0 Å². The maximum Gasteiger partial charge on any atom is 0.249 e. The first-order valence-electron chi connectivity index (χ1n) is 10.5. The zero-order valence-electron chi connectivity index (χ0n) is 18.4. The van der Waals surface area contributed by atoms with Gasteiger partial charge in [0.1, 0.15) is 11.4 Å². The topological polar surface area (TPSA) is 94.0 Å². The fourth-order valence-corrected chi connectivity index (χ4v) is 5.50. The number of benzene rings is 1. The molecule has 0 radical (unpaired) electrons. The smallest absolute Gasteiger partial charge is 0.249 e. The Hall–Kier alpha value is -2.06. The van der Waals surface area contributed by atoms with E-state index < -0.39 is 22.8 Å². The second kappa shape index (κ2) is 10.3. The normalized spacial score (nSPS) is 23.9. The number of carboxylic acid groups (broad SMARTS) is 1. The van der Waals surface area contributed by atoms with E-state index in [-0.39, 0.29) is 23.6 Å². The first kappa shape index (κ1) is 24.2. The van der Waals surface area contributed by atoms with Gasteiger partial charge in [-0.05, 0) is 40.2 Å². The molecule has 2 aliphatic heterocycles. The number of rotatable bonds is 7. The molecule has 0 aromatic heterocycles. The number of quaternary nitrogens is 1. The lowest BCUT2D eigenvalue weighted by Gasteiger charge is -2.45. The molecule has 0 spiro atoms. The van der Waals surface area contributed by atoms with Gasteiger partial charge in [-0.1, -0.05) is 30.3 Å². The zero-order valence-corrected chi connectivity index (χ0v) is 19.3. The Morgan fingerprint density at radius 2 is 1.70 bits per heavy atom. The number of hydrogen-bond acceptors (Lipinski definition) is 5. The minimum Gasteiger partial charge on any atom is -0.548 e. The Balaban J connectivity index is 0.000000396. The number of carboxylic acids is 1. The largest absolute Gasteiger partial charge is 0.548 e. The molecular formula is C22H33N3O4S. The molecule has 2 fully saturated rings. The third kappa shape index (κ3) is 5.35. The van der Waals surface area contributed by atoms with Crippen LogP contribution in [0, 0.1) is 0 Å². The highest BCUT2D eigenvalue weighted by Crippen LogP contribution is 2.50. The first-order chi connectivity index (χ1) is 14.2. The standard InChI is InChI=1S/C16H18N2O4S.C6H15N/c1-16(2)12(15(21)22)18-13(20)11(14(18)23-16)17-10(19)8-9-6-4-3-5-7-9;1-4-7(5-2)6-3/h3-7,11-12,14H,8H2,1-2H3,(H,17,19)(H,21,22);4-6H2,1-3H3. The van der Waals surface area contributed by atoms with Gasteiger partial charge in [-0.3, -0.25) is 9.59 Å². The minimum atomic E-state index is -1.26. The summed E-state index contributed by atoms with van der Waals surface area (Å²) >= 11 is 1.38. The summed E-state index contributed by atoms with van der Waals surface area (Å²) in [4.78, 5) is 38.7. The molecular weight excluding hydrogens is 402 g/mol. The molecule has 0 aliphatic carbocycles. The molecule has 1 aromatic carbocycles. The van der Waals surface area contributed by atoms with E-state index in [9.17, 15) is 19.5 Å². The molecule has 2 N–H and O–H groups in total. The van der Waals surface area contributed by atoms with Crippen molar-refractivity contribution >= 4 is 29.5 Å². The van der Waals surface area contributed by atoms with E-state index >= 15 is 0 Å². The molecule has 0 bridgehead atoms. The van der Waals surface area contributed by atoms with Crippen LogP contribution in [-0.4, -0.2) is 64.5 Å². The summed E-state index contributed by atoms with van der Waals surface area (Å²) < 4.78 is -0.641. The van der Waals surface area contributed by atoms with Gasteiger partial charge in [-0.15, -0.1) is 11.8 Å². The van der Waals surface area contributed by atoms with Crippen LogP contribution >= 0.6 is 11.8 Å². The van der Waals surface area contributed by atoms with E-state index in [0.717, 1.165) is 5.56 Å². The van der Waals surface area contributed by atoms with E-state index in [4.69, 9.17) is 0 Å². The van der Waals surface area contributed by atoms with Gasteiger partial charge in [0.15, 0.2) is 0 Å². The molecule has 2 aliphatic rings. The Morgan fingerprint density at radius 3 is 2.17 bits per heavy atom. The predicted molar refractivity (Wildman–Crippen MR) is 116 cm³/mol. The number of nitrogens with zero attached hydrogens (tertiary/aromatic N) is 1. The van der Waals surface area contributed by atoms with Crippen LogP contribution in [-0.2, 0) is 20.8 Å². The first-order valence-corrected chi connectivity index (χ1v) is 11.4. The lowest BCUT2D eigenvalue weighted by Crippen LogP contribution is -3.11. The van der Waals surface area contributed by atoms with E-state index in [1.54, 1.807) is 18.7 Å². The number of carbonyl (C=O) groups is 3. The minimum absolute atomic E-state index is 0.190. The average Bonchev–Trinajstić information content (AvgIpc) is 2.97. The summed E-state index contributed by atoms with van der Waals surface area (Å²) in [6.07, 6.45) is 0.190. The molecule has 7 nitrogen and oxygen atoms in total. The van der Waals surface area contributed by atoms with Crippen LogP contribution < -0.4 is 15.3 Å². The molecule has 8 heteroatoms. The van der Waals surface area contributed by atoms with Crippen molar-refractivity contribution in [3.05, 3.63) is 35.9 Å². The van der Waals surface area contributed by atoms with Gasteiger partial charge < -0.3 is 25.0 Å². The van der Waals surface area contributed by atoms with Crippen molar-refractivity contribution in [2.45, 2.75) is 63.2 Å². The van der Waals surface area contributed by atoms with E-state index in [0.29, 0.717) is 0 Å². The van der Waals surface area contributed by atoms with Gasteiger partial charge in [0.2, 0.25) is 11.8 Å². The van der Waals surface area contributed by atoms with Crippen molar-refractivity contribution in [3.63, 3.8) is 0 Å². The fraction of sp³-hybridized carbons (Fsp3) is 0.591. The number of amides is 2. The SMILES string of the molecule is CC1(C)SC2C(NC(=O)Cc3ccccc3)C(=O)N2C1C(=O)[O-].CC[NH+](CC)CC. The molecule has 3 atom stereocenters. The quantitative estimate of drug-likeness (QED) is 0.561. The summed E-state index contributed by atoms with van der Waals surface area (Å²) in [6.45, 7) is 14.0. The number of hydrogen-bond donors (Lipinski definition) is 2. The number of β-lactam (4-membered cyclic amide) rings is 1. The molecule has 1 aromatic rings. The monoisotopic (exact) mass is 435 g/mol. The molecule has 2 amide bonds. The van der Waals surface area contributed by atoms with Gasteiger partial charge in [-0.25, -0.2) is 0 Å². The second-order valence-electron chi connectivity index (χ2n) is 8.10. The lowest BCUT2D eigenvalue weighted by molar-refractivity contribution is -0.894. The van der Waals surface area contributed by atoms with Crippen molar-refractivity contribution < 1.29 is 24.4 Å². The summed E-state index contributed by atoms with van der Waals surface area (Å²) in [5.74, 6) is -1.86. The number of thioether (sulfide) groups is 1. The van der Waals surface area contributed by atoms with Crippen molar-refractivity contribution in [1.29, 1.82) is 0 Å². The zero-order chi connectivity index (χ0) is 22.5. The van der Waals surface area contributed by atoms with Crippen LogP contribution in [0.1, 0.15) is 40.2 Å². The summed E-state index contributed by atoms with van der Waals surface area (Å²) in [5.41, 5.74) is 0.862. The van der Waals surface area contributed by atoms with Gasteiger partial charge in [0.05, 0.1) is 38.1 Å². The summed E-state index contributed by atoms with van der Waals surface area (Å²) in [7, 11) is 0. The Bertz CT molecular complexity index is 746. The van der Waals surface area contributed by atoms with Gasteiger partial charge >= 0.3 is 0 Å². The second-order valence-corrected chi connectivity index (χ2v) is 9.87. The van der Waals surface area contributed by atoms with Crippen LogP contribution in [0.5, 0.6) is 0 Å². The Labute approximate surface area is 183 Å². The maximum atomic E-state index is 12.2. The lowest BCUT2D eigenvalue weighted by atomic mass is 9.96. The van der Waals surface area contributed by atoms with Gasteiger partial charge in [-0.2, -0.15) is 0 Å². The number of aliphatic carboxylic acids is 1. The maximum absolute atomic E-state index is 12.2. The Kier molecular flexibility index (Phi) is 8.32. The molecule has 3 unspecified atom stereocenters. The molecule has 2 saturated heterocycles. The van der Waals surface area contributed by atoms with Crippen LogP contribution in [0.15, 0.2) is 30.3 Å². The van der Waals surface area contributed by atoms with Crippen molar-refractivity contribution in [2.75, 3.05) is 19.6 Å². The molecule has 30 heavy (non-hydrogen) atoms. The number of nitrogens with one attached hydrogen (secondary N) is 2. The number of fused-ring (bicyclic) bond motifs is 1. The molecule has 2 heterocycles. The van der Waals surface area contributed by atoms with Crippen LogP contribution in [0.3, 0.4) is 0 Å². The third-order valence-electron chi connectivity index (χ3n) is 5.69. The highest BCUT2D eigenvalue weighted by Gasteiger charge is 2.62. The van der Waals surface area contributed by atoms with Crippen molar-refractivity contribution in [3.8, 4) is 0 Å². The average molecular weight is 436 g/mol. The van der Waals surface area contributed by atoms with Crippen LogP contribution in [0.25, 0.3) is 0 Å². The Morgan fingerprint density at radius 1 is 1.13 bits per heavy atom. The van der Waals surface area contributed by atoms with Crippen LogP contribution in [0.2, 0.25) is 0 Å². The fourth-order valence-electron chi connectivity index (χ4n) is 3.88. The van der Waals surface area contributed by atoms with Crippen molar-refractivity contribution in [1.82, 2.24) is 10.2 Å². The summed E-state index contributed by atoms with van der Waals surface area (Å²) in [5, 5.41) is 13.7. The molecule has 0 saturated carbocycles. The predicted octanol–water partition coefficient (Wildman–Crippen LogP) is -0.543. The van der Waals surface area contributed by atoms with E-state index in [2.05, 4.69) is 26.1 Å². The third-order valence-corrected chi connectivity index (χ3v) is 7.26. The summed E-state index contributed by atoms with van der Waals surface area (Å²) in [6, 6.07) is 7.61. The molecule has 3 rings (SSSR count).